The lowest BCUT2D eigenvalue weighted by molar-refractivity contribution is 0.167. The van der Waals surface area contributed by atoms with Gasteiger partial charge in [0.15, 0.2) is 5.96 Å². The van der Waals surface area contributed by atoms with Crippen LogP contribution in [0.15, 0.2) is 23.3 Å². The zero-order valence-corrected chi connectivity index (χ0v) is 16.2. The lowest BCUT2D eigenvalue weighted by atomic mass is 10.0. The van der Waals surface area contributed by atoms with E-state index in [9.17, 15) is 0 Å². The summed E-state index contributed by atoms with van der Waals surface area (Å²) in [5, 5.41) is 6.91. The van der Waals surface area contributed by atoms with Crippen molar-refractivity contribution in [2.75, 3.05) is 20.1 Å². The van der Waals surface area contributed by atoms with Gasteiger partial charge in [-0.1, -0.05) is 6.07 Å². The maximum absolute atomic E-state index is 5.57. The van der Waals surface area contributed by atoms with E-state index < -0.39 is 0 Å². The van der Waals surface area contributed by atoms with E-state index in [1.54, 1.807) is 0 Å². The van der Waals surface area contributed by atoms with Crippen LogP contribution in [0.1, 0.15) is 46.1 Å². The zero-order valence-electron chi connectivity index (χ0n) is 16.2. The Hall–Kier alpha value is -1.82. The molecule has 0 bridgehead atoms. The molecule has 1 aromatic heterocycles. The zero-order chi connectivity index (χ0) is 18.2. The van der Waals surface area contributed by atoms with Crippen LogP contribution in [0.4, 0.5) is 0 Å². The highest BCUT2D eigenvalue weighted by Gasteiger charge is 2.21. The summed E-state index contributed by atoms with van der Waals surface area (Å²) in [7, 11) is 1.82. The number of hydrogen-bond donors (Lipinski definition) is 2. The normalized spacial score (nSPS) is 17.2. The molecule has 1 fully saturated rings. The molecule has 6 heteroatoms. The van der Waals surface area contributed by atoms with Crippen LogP contribution < -0.4 is 15.4 Å². The van der Waals surface area contributed by atoms with Crippen LogP contribution in [0.2, 0.25) is 0 Å². The number of pyridine rings is 1. The van der Waals surface area contributed by atoms with Gasteiger partial charge in [0, 0.05) is 51.0 Å². The third kappa shape index (κ3) is 6.53. The number of aliphatic imine (C=N–C) groups is 1. The summed E-state index contributed by atoms with van der Waals surface area (Å²) in [5.74, 6) is 1.52. The summed E-state index contributed by atoms with van der Waals surface area (Å²) < 4.78 is 5.57. The molecule has 0 unspecified atom stereocenters. The molecule has 1 aliphatic heterocycles. The number of aromatic nitrogens is 1. The SMILES string of the molecule is CN=C(NCc1ccc(OC(C)C)nc1)NC1CCN(C(C)C)CC1. The van der Waals surface area contributed by atoms with E-state index in [1.165, 1.54) is 0 Å². The molecular formula is C19H33N5O. The van der Waals surface area contributed by atoms with Gasteiger partial charge in [-0.25, -0.2) is 4.98 Å². The second-order valence-electron chi connectivity index (χ2n) is 7.15. The third-order valence-corrected chi connectivity index (χ3v) is 4.44. The highest BCUT2D eigenvalue weighted by Crippen LogP contribution is 2.13. The summed E-state index contributed by atoms with van der Waals surface area (Å²) >= 11 is 0. The highest BCUT2D eigenvalue weighted by atomic mass is 16.5. The van der Waals surface area contributed by atoms with Crippen molar-refractivity contribution in [3.8, 4) is 5.88 Å². The van der Waals surface area contributed by atoms with Gasteiger partial charge in [-0.3, -0.25) is 4.99 Å². The van der Waals surface area contributed by atoms with Gasteiger partial charge in [-0.2, -0.15) is 0 Å². The topological polar surface area (TPSA) is 61.8 Å². The van der Waals surface area contributed by atoms with E-state index in [0.29, 0.717) is 24.5 Å². The molecular weight excluding hydrogens is 314 g/mol. The number of likely N-dealkylation sites (tertiary alicyclic amines) is 1. The summed E-state index contributed by atoms with van der Waals surface area (Å²) in [6.07, 6.45) is 4.30. The van der Waals surface area contributed by atoms with Crippen molar-refractivity contribution in [2.45, 2.75) is 65.3 Å². The van der Waals surface area contributed by atoms with E-state index in [4.69, 9.17) is 4.74 Å². The number of nitrogens with one attached hydrogen (secondary N) is 2. The number of guanidine groups is 1. The summed E-state index contributed by atoms with van der Waals surface area (Å²) in [5.41, 5.74) is 1.11. The molecule has 0 saturated carbocycles. The fourth-order valence-electron chi connectivity index (χ4n) is 2.96. The van der Waals surface area contributed by atoms with Crippen molar-refractivity contribution >= 4 is 5.96 Å². The van der Waals surface area contributed by atoms with Crippen molar-refractivity contribution in [3.05, 3.63) is 23.9 Å². The first-order valence-corrected chi connectivity index (χ1v) is 9.30. The van der Waals surface area contributed by atoms with Gasteiger partial charge < -0.3 is 20.3 Å². The smallest absolute Gasteiger partial charge is 0.213 e. The molecule has 0 aliphatic carbocycles. The van der Waals surface area contributed by atoms with Gasteiger partial charge in [-0.05, 0) is 46.1 Å². The minimum atomic E-state index is 0.140. The molecule has 2 heterocycles. The predicted molar refractivity (Wildman–Crippen MR) is 103 cm³/mol. The highest BCUT2D eigenvalue weighted by molar-refractivity contribution is 5.79. The van der Waals surface area contributed by atoms with Gasteiger partial charge in [-0.15, -0.1) is 0 Å². The summed E-state index contributed by atoms with van der Waals surface area (Å²) in [4.78, 5) is 11.2. The van der Waals surface area contributed by atoms with Crippen LogP contribution in [-0.4, -0.2) is 54.2 Å². The maximum Gasteiger partial charge on any atom is 0.213 e. The molecule has 0 spiro atoms. The maximum atomic E-state index is 5.57. The predicted octanol–water partition coefficient (Wildman–Crippen LogP) is 2.41. The number of nitrogens with zero attached hydrogens (tertiary/aromatic N) is 3. The van der Waals surface area contributed by atoms with Crippen LogP contribution in [0.25, 0.3) is 0 Å². The molecule has 25 heavy (non-hydrogen) atoms. The van der Waals surface area contributed by atoms with Crippen molar-refractivity contribution in [2.24, 2.45) is 4.99 Å². The Morgan fingerprint density at radius 3 is 2.52 bits per heavy atom. The molecule has 1 aliphatic rings. The van der Waals surface area contributed by atoms with Crippen molar-refractivity contribution in [3.63, 3.8) is 0 Å². The standard InChI is InChI=1S/C19H33N5O/c1-14(2)24-10-8-17(9-11-24)23-19(20-5)22-13-16-6-7-18(21-12-16)25-15(3)4/h6-7,12,14-15,17H,8-11,13H2,1-5H3,(H2,20,22,23). The lowest BCUT2D eigenvalue weighted by Crippen LogP contribution is -2.49. The fourth-order valence-corrected chi connectivity index (χ4v) is 2.96. The molecule has 0 radical (unpaired) electrons. The van der Waals surface area contributed by atoms with Crippen molar-refractivity contribution in [1.82, 2.24) is 20.5 Å². The number of hydrogen-bond acceptors (Lipinski definition) is 4. The monoisotopic (exact) mass is 347 g/mol. The minimum absolute atomic E-state index is 0.140. The Morgan fingerprint density at radius 2 is 2.00 bits per heavy atom. The third-order valence-electron chi connectivity index (χ3n) is 4.44. The summed E-state index contributed by atoms with van der Waals surface area (Å²) in [6, 6.07) is 5.07. The Bertz CT molecular complexity index is 533. The number of ether oxygens (including phenoxy) is 1. The first kappa shape index (κ1) is 19.5. The largest absolute Gasteiger partial charge is 0.475 e. The first-order valence-electron chi connectivity index (χ1n) is 9.30. The van der Waals surface area contributed by atoms with Gasteiger partial charge >= 0.3 is 0 Å². The van der Waals surface area contributed by atoms with Crippen LogP contribution in [0.5, 0.6) is 5.88 Å². The molecule has 0 aromatic carbocycles. The number of piperidine rings is 1. The Labute approximate surface area is 152 Å². The average Bonchev–Trinajstić information content (AvgIpc) is 2.59. The summed E-state index contributed by atoms with van der Waals surface area (Å²) in [6.45, 7) is 11.5. The Morgan fingerprint density at radius 1 is 1.28 bits per heavy atom. The lowest BCUT2D eigenvalue weighted by Gasteiger charge is -2.35. The van der Waals surface area contributed by atoms with Crippen LogP contribution >= 0.6 is 0 Å². The molecule has 2 rings (SSSR count). The van der Waals surface area contributed by atoms with Crippen molar-refractivity contribution in [1.29, 1.82) is 0 Å². The minimum Gasteiger partial charge on any atom is -0.475 e. The molecule has 1 saturated heterocycles. The van der Waals surface area contributed by atoms with E-state index >= 15 is 0 Å². The quantitative estimate of drug-likeness (QED) is 0.611. The first-order chi connectivity index (χ1) is 12.0. The van der Waals surface area contributed by atoms with E-state index in [2.05, 4.69) is 39.4 Å². The fraction of sp³-hybridized carbons (Fsp3) is 0.684. The molecule has 0 atom stereocenters. The average molecular weight is 348 g/mol. The van der Waals surface area contributed by atoms with Gasteiger partial charge in [0.1, 0.15) is 0 Å². The van der Waals surface area contributed by atoms with Crippen LogP contribution in [0.3, 0.4) is 0 Å². The second kappa shape index (κ2) is 9.61. The van der Waals surface area contributed by atoms with Crippen LogP contribution in [0, 0.1) is 0 Å². The Balaban J connectivity index is 1.77. The number of rotatable bonds is 6. The van der Waals surface area contributed by atoms with Gasteiger partial charge in [0.2, 0.25) is 5.88 Å². The van der Waals surface area contributed by atoms with E-state index in [0.717, 1.165) is 37.5 Å². The van der Waals surface area contributed by atoms with E-state index in [-0.39, 0.29) is 6.10 Å². The van der Waals surface area contributed by atoms with Crippen LogP contribution in [-0.2, 0) is 6.54 Å². The van der Waals surface area contributed by atoms with Crippen molar-refractivity contribution < 1.29 is 4.74 Å². The van der Waals surface area contributed by atoms with Gasteiger partial charge in [0.05, 0.1) is 6.10 Å². The van der Waals surface area contributed by atoms with Gasteiger partial charge in [0.25, 0.3) is 0 Å². The molecule has 1 aromatic rings. The Kier molecular flexibility index (Phi) is 7.50. The molecule has 2 N–H and O–H groups in total. The molecule has 0 amide bonds. The van der Waals surface area contributed by atoms with E-state index in [1.807, 2.05) is 39.2 Å². The molecule has 140 valence electrons. The molecule has 6 nitrogen and oxygen atoms in total. The second-order valence-corrected chi connectivity index (χ2v) is 7.15.